The molecular formula is C22H22ClN3O5. The second-order valence-corrected chi connectivity index (χ2v) is 6.50. The van der Waals surface area contributed by atoms with Crippen molar-refractivity contribution in [2.45, 2.75) is 12.8 Å². The first-order chi connectivity index (χ1) is 15.0. The zero-order valence-corrected chi connectivity index (χ0v) is 17.9. The Labute approximate surface area is 185 Å². The van der Waals surface area contributed by atoms with E-state index in [0.717, 1.165) is 0 Å². The van der Waals surface area contributed by atoms with Gasteiger partial charge < -0.3 is 19.5 Å². The van der Waals surface area contributed by atoms with Crippen molar-refractivity contribution in [3.63, 3.8) is 0 Å². The molecule has 9 heteroatoms. The van der Waals surface area contributed by atoms with Crippen LogP contribution in [0.15, 0.2) is 41.5 Å². The van der Waals surface area contributed by atoms with Crippen molar-refractivity contribution in [2.24, 2.45) is 5.10 Å². The smallest absolute Gasteiger partial charge is 0.240 e. The zero-order chi connectivity index (χ0) is 22.6. The third kappa shape index (κ3) is 7.57. The standard InChI is InChI=1S/C22H22ClN3O5/c1-4-11-31-22-18(23)12-15(13-19(22)30-3)14-24-26-21(28)10-9-20(27)25-16-5-7-17(29-2)8-6-16/h1,5-8,12-14H,9-11H2,2-3H3,(H,25,27)(H,26,28). The largest absolute Gasteiger partial charge is 0.497 e. The molecule has 0 saturated heterocycles. The molecule has 2 rings (SSSR count). The first kappa shape index (κ1) is 23.6. The maximum absolute atomic E-state index is 12.0. The number of hydrogen-bond acceptors (Lipinski definition) is 6. The zero-order valence-electron chi connectivity index (χ0n) is 17.1. The Morgan fingerprint density at radius 3 is 2.48 bits per heavy atom. The molecule has 2 N–H and O–H groups in total. The highest BCUT2D eigenvalue weighted by atomic mass is 35.5. The van der Waals surface area contributed by atoms with Crippen molar-refractivity contribution in [1.82, 2.24) is 5.43 Å². The first-order valence-corrected chi connectivity index (χ1v) is 9.54. The predicted octanol–water partition coefficient (Wildman–Crippen LogP) is 3.24. The molecular weight excluding hydrogens is 422 g/mol. The van der Waals surface area contributed by atoms with Crippen LogP contribution >= 0.6 is 11.6 Å². The molecule has 0 heterocycles. The van der Waals surface area contributed by atoms with E-state index in [2.05, 4.69) is 21.8 Å². The van der Waals surface area contributed by atoms with Gasteiger partial charge in [-0.25, -0.2) is 5.43 Å². The molecule has 0 fully saturated rings. The number of terminal acetylenes is 1. The number of benzene rings is 2. The van der Waals surface area contributed by atoms with Crippen LogP contribution in [0.4, 0.5) is 5.69 Å². The Hall–Kier alpha value is -3.70. The summed E-state index contributed by atoms with van der Waals surface area (Å²) in [7, 11) is 3.03. The number of halogens is 1. The third-order valence-corrected chi connectivity index (χ3v) is 4.19. The van der Waals surface area contributed by atoms with Crippen molar-refractivity contribution in [3.8, 4) is 29.6 Å². The summed E-state index contributed by atoms with van der Waals surface area (Å²) in [5, 5.41) is 6.87. The van der Waals surface area contributed by atoms with Gasteiger partial charge in [0, 0.05) is 18.5 Å². The molecule has 8 nitrogen and oxygen atoms in total. The monoisotopic (exact) mass is 443 g/mol. The van der Waals surface area contributed by atoms with E-state index in [0.29, 0.717) is 28.5 Å². The van der Waals surface area contributed by atoms with E-state index in [1.165, 1.54) is 13.3 Å². The lowest BCUT2D eigenvalue weighted by molar-refractivity contribution is -0.124. The number of anilines is 1. The Kier molecular flexibility index (Phi) is 9.20. The quantitative estimate of drug-likeness (QED) is 0.334. The van der Waals surface area contributed by atoms with E-state index in [-0.39, 0.29) is 30.4 Å². The Balaban J connectivity index is 1.84. The fourth-order valence-electron chi connectivity index (χ4n) is 2.43. The average Bonchev–Trinajstić information content (AvgIpc) is 2.77. The molecule has 0 aliphatic rings. The van der Waals surface area contributed by atoms with E-state index in [4.69, 9.17) is 32.2 Å². The van der Waals surface area contributed by atoms with Gasteiger partial charge >= 0.3 is 0 Å². The Morgan fingerprint density at radius 2 is 1.84 bits per heavy atom. The molecule has 2 aromatic carbocycles. The number of hydrazone groups is 1. The van der Waals surface area contributed by atoms with E-state index in [1.54, 1.807) is 43.5 Å². The molecule has 0 saturated carbocycles. The van der Waals surface area contributed by atoms with Crippen molar-refractivity contribution >= 4 is 35.3 Å². The molecule has 31 heavy (non-hydrogen) atoms. The number of hydrogen-bond donors (Lipinski definition) is 2. The van der Waals surface area contributed by atoms with Crippen LogP contribution in [0.1, 0.15) is 18.4 Å². The molecule has 162 valence electrons. The minimum Gasteiger partial charge on any atom is -0.497 e. The molecule has 0 aliphatic carbocycles. The van der Waals surface area contributed by atoms with E-state index < -0.39 is 5.91 Å². The number of carbonyl (C=O) groups is 2. The van der Waals surface area contributed by atoms with Gasteiger partial charge in [0.25, 0.3) is 0 Å². The highest BCUT2D eigenvalue weighted by molar-refractivity contribution is 6.32. The van der Waals surface area contributed by atoms with Gasteiger partial charge in [0.05, 0.1) is 25.5 Å². The molecule has 2 aromatic rings. The van der Waals surface area contributed by atoms with Gasteiger partial charge in [0.2, 0.25) is 11.8 Å². The van der Waals surface area contributed by atoms with Crippen LogP contribution in [0.3, 0.4) is 0 Å². The minimum absolute atomic E-state index is 0.00818. The molecule has 0 unspecified atom stereocenters. The van der Waals surface area contributed by atoms with Gasteiger partial charge in [-0.3, -0.25) is 9.59 Å². The van der Waals surface area contributed by atoms with Crippen LogP contribution < -0.4 is 25.0 Å². The fourth-order valence-corrected chi connectivity index (χ4v) is 2.70. The highest BCUT2D eigenvalue weighted by Gasteiger charge is 2.11. The molecule has 0 aliphatic heterocycles. The van der Waals surface area contributed by atoms with Crippen LogP contribution in [0.25, 0.3) is 0 Å². The van der Waals surface area contributed by atoms with Crippen LogP contribution in [0.2, 0.25) is 5.02 Å². The summed E-state index contributed by atoms with van der Waals surface area (Å²) in [6, 6.07) is 10.1. The summed E-state index contributed by atoms with van der Waals surface area (Å²) in [6.45, 7) is 0.0472. The summed E-state index contributed by atoms with van der Waals surface area (Å²) in [4.78, 5) is 23.9. The van der Waals surface area contributed by atoms with Gasteiger partial charge in [0.1, 0.15) is 12.4 Å². The van der Waals surface area contributed by atoms with Crippen molar-refractivity contribution < 1.29 is 23.8 Å². The normalized spacial score (nSPS) is 10.3. The maximum atomic E-state index is 12.0. The number of rotatable bonds is 10. The molecule has 0 radical (unpaired) electrons. The van der Waals surface area contributed by atoms with Crippen molar-refractivity contribution in [1.29, 1.82) is 0 Å². The summed E-state index contributed by atoms with van der Waals surface area (Å²) in [5.41, 5.74) is 3.56. The second-order valence-electron chi connectivity index (χ2n) is 6.10. The topological polar surface area (TPSA) is 98.2 Å². The first-order valence-electron chi connectivity index (χ1n) is 9.16. The Morgan fingerprint density at radius 1 is 1.13 bits per heavy atom. The number of ether oxygens (including phenoxy) is 3. The summed E-state index contributed by atoms with van der Waals surface area (Å²) in [6.07, 6.45) is 6.56. The lowest BCUT2D eigenvalue weighted by Crippen LogP contribution is -2.20. The second kappa shape index (κ2) is 12.1. The highest BCUT2D eigenvalue weighted by Crippen LogP contribution is 2.35. The van der Waals surface area contributed by atoms with Gasteiger partial charge in [-0.05, 0) is 42.0 Å². The summed E-state index contributed by atoms with van der Waals surface area (Å²) in [5.74, 6) is 3.04. The van der Waals surface area contributed by atoms with Gasteiger partial charge in [-0.15, -0.1) is 6.42 Å². The van der Waals surface area contributed by atoms with E-state index in [9.17, 15) is 9.59 Å². The van der Waals surface area contributed by atoms with Gasteiger partial charge in [-0.1, -0.05) is 17.5 Å². The molecule has 2 amide bonds. The van der Waals surface area contributed by atoms with E-state index in [1.807, 2.05) is 0 Å². The molecule has 0 aromatic heterocycles. The average molecular weight is 444 g/mol. The van der Waals surface area contributed by atoms with Crippen LogP contribution in [-0.4, -0.2) is 38.9 Å². The number of methoxy groups -OCH3 is 2. The van der Waals surface area contributed by atoms with Gasteiger partial charge in [0.15, 0.2) is 11.5 Å². The van der Waals surface area contributed by atoms with Crippen molar-refractivity contribution in [3.05, 3.63) is 47.0 Å². The number of carbonyl (C=O) groups excluding carboxylic acids is 2. The molecule has 0 bridgehead atoms. The predicted molar refractivity (Wildman–Crippen MR) is 119 cm³/mol. The van der Waals surface area contributed by atoms with Crippen LogP contribution in [0.5, 0.6) is 17.2 Å². The number of nitrogens with one attached hydrogen (secondary N) is 2. The molecule has 0 spiro atoms. The minimum atomic E-state index is -0.409. The number of amides is 2. The Bertz CT molecular complexity index is 984. The lowest BCUT2D eigenvalue weighted by atomic mass is 10.2. The fraction of sp³-hybridized carbons (Fsp3) is 0.227. The van der Waals surface area contributed by atoms with E-state index >= 15 is 0 Å². The lowest BCUT2D eigenvalue weighted by Gasteiger charge is -2.11. The van der Waals surface area contributed by atoms with Crippen LogP contribution in [0, 0.1) is 12.3 Å². The van der Waals surface area contributed by atoms with Crippen molar-refractivity contribution in [2.75, 3.05) is 26.1 Å². The SMILES string of the molecule is C#CCOc1c(Cl)cc(C=NNC(=O)CCC(=O)Nc2ccc(OC)cc2)cc1OC. The molecule has 0 atom stereocenters. The summed E-state index contributed by atoms with van der Waals surface area (Å²) < 4.78 is 15.7. The number of nitrogens with zero attached hydrogens (tertiary/aromatic N) is 1. The maximum Gasteiger partial charge on any atom is 0.240 e. The summed E-state index contributed by atoms with van der Waals surface area (Å²) >= 11 is 6.18. The third-order valence-electron chi connectivity index (χ3n) is 3.91. The van der Waals surface area contributed by atoms with Crippen LogP contribution in [-0.2, 0) is 9.59 Å². The van der Waals surface area contributed by atoms with Gasteiger partial charge in [-0.2, -0.15) is 5.10 Å².